The monoisotopic (exact) mass is 310 g/mol. The van der Waals surface area contributed by atoms with Crippen molar-refractivity contribution in [2.45, 2.75) is 6.54 Å². The SMILES string of the molecule is S=C(NCc1ccccc1)NNC(=S)N1CCOCC1. The summed E-state index contributed by atoms with van der Waals surface area (Å²) in [6, 6.07) is 10.1. The number of thiocarbonyl (C=S) groups is 2. The maximum atomic E-state index is 5.28. The van der Waals surface area contributed by atoms with E-state index in [1.54, 1.807) is 0 Å². The lowest BCUT2D eigenvalue weighted by molar-refractivity contribution is 0.0675. The highest BCUT2D eigenvalue weighted by Gasteiger charge is 2.13. The van der Waals surface area contributed by atoms with Crippen molar-refractivity contribution in [2.24, 2.45) is 0 Å². The molecule has 1 aliphatic heterocycles. The van der Waals surface area contributed by atoms with Crippen LogP contribution in [0.1, 0.15) is 5.56 Å². The molecule has 1 aromatic rings. The number of hydrogen-bond acceptors (Lipinski definition) is 3. The van der Waals surface area contributed by atoms with Gasteiger partial charge in [0.05, 0.1) is 13.2 Å². The fourth-order valence-corrected chi connectivity index (χ4v) is 2.13. The van der Waals surface area contributed by atoms with Gasteiger partial charge in [-0.3, -0.25) is 10.9 Å². The van der Waals surface area contributed by atoms with Crippen molar-refractivity contribution in [1.29, 1.82) is 0 Å². The summed E-state index contributed by atoms with van der Waals surface area (Å²) in [6.07, 6.45) is 0. The molecule has 0 unspecified atom stereocenters. The van der Waals surface area contributed by atoms with Crippen LogP contribution in [0.3, 0.4) is 0 Å². The van der Waals surface area contributed by atoms with Crippen LogP contribution in [0, 0.1) is 0 Å². The van der Waals surface area contributed by atoms with E-state index >= 15 is 0 Å². The first-order valence-electron chi connectivity index (χ1n) is 6.46. The van der Waals surface area contributed by atoms with Crippen molar-refractivity contribution in [1.82, 2.24) is 21.1 Å². The second-order valence-corrected chi connectivity index (χ2v) is 5.12. The average Bonchev–Trinajstić information content (AvgIpc) is 2.52. The summed E-state index contributed by atoms with van der Waals surface area (Å²) in [6.45, 7) is 3.70. The average molecular weight is 310 g/mol. The van der Waals surface area contributed by atoms with Gasteiger partial charge in [0.1, 0.15) is 0 Å². The van der Waals surface area contributed by atoms with Crippen LogP contribution in [-0.4, -0.2) is 41.4 Å². The number of rotatable bonds is 2. The lowest BCUT2D eigenvalue weighted by Gasteiger charge is -2.29. The molecule has 0 spiro atoms. The lowest BCUT2D eigenvalue weighted by atomic mass is 10.2. The Morgan fingerprint density at radius 1 is 1.10 bits per heavy atom. The second kappa shape index (κ2) is 7.98. The fourth-order valence-electron chi connectivity index (χ4n) is 1.78. The van der Waals surface area contributed by atoms with Crippen molar-refractivity contribution in [2.75, 3.05) is 26.3 Å². The molecule has 0 radical (unpaired) electrons. The van der Waals surface area contributed by atoms with Gasteiger partial charge < -0.3 is 15.0 Å². The van der Waals surface area contributed by atoms with E-state index in [9.17, 15) is 0 Å². The molecule has 5 nitrogen and oxygen atoms in total. The molecule has 3 N–H and O–H groups in total. The molecule has 2 rings (SSSR count). The van der Waals surface area contributed by atoms with Gasteiger partial charge in [0, 0.05) is 19.6 Å². The van der Waals surface area contributed by atoms with Crippen molar-refractivity contribution in [3.63, 3.8) is 0 Å². The molecule has 1 saturated heterocycles. The number of benzene rings is 1. The van der Waals surface area contributed by atoms with Gasteiger partial charge in [0.2, 0.25) is 0 Å². The zero-order valence-corrected chi connectivity index (χ0v) is 12.7. The van der Waals surface area contributed by atoms with Crippen LogP contribution in [-0.2, 0) is 11.3 Å². The fraction of sp³-hybridized carbons (Fsp3) is 0.385. The summed E-state index contributed by atoms with van der Waals surface area (Å²) < 4.78 is 5.28. The first kappa shape index (κ1) is 15.0. The Morgan fingerprint density at radius 3 is 2.50 bits per heavy atom. The third-order valence-electron chi connectivity index (χ3n) is 2.88. The van der Waals surface area contributed by atoms with Gasteiger partial charge in [0.25, 0.3) is 0 Å². The molecule has 1 fully saturated rings. The molecule has 1 heterocycles. The number of hydrogen-bond donors (Lipinski definition) is 3. The number of nitrogens with zero attached hydrogens (tertiary/aromatic N) is 1. The number of nitrogens with one attached hydrogen (secondary N) is 3. The predicted molar refractivity (Wildman–Crippen MR) is 87.1 cm³/mol. The maximum absolute atomic E-state index is 5.28. The van der Waals surface area contributed by atoms with Gasteiger partial charge in [-0.05, 0) is 30.0 Å². The van der Waals surface area contributed by atoms with E-state index in [2.05, 4.69) is 16.2 Å². The summed E-state index contributed by atoms with van der Waals surface area (Å²) >= 11 is 10.5. The minimum atomic E-state index is 0.518. The number of hydrazine groups is 1. The smallest absolute Gasteiger partial charge is 0.188 e. The molecular formula is C13H18N4OS2. The Balaban J connectivity index is 1.65. The normalized spacial score (nSPS) is 14.5. The van der Waals surface area contributed by atoms with Gasteiger partial charge in [-0.25, -0.2) is 0 Å². The highest BCUT2D eigenvalue weighted by molar-refractivity contribution is 7.80. The Morgan fingerprint density at radius 2 is 1.80 bits per heavy atom. The third kappa shape index (κ3) is 4.92. The highest BCUT2D eigenvalue weighted by Crippen LogP contribution is 1.97. The van der Waals surface area contributed by atoms with Crippen molar-refractivity contribution < 1.29 is 4.74 Å². The minimum absolute atomic E-state index is 0.518. The highest BCUT2D eigenvalue weighted by atomic mass is 32.1. The quantitative estimate of drug-likeness (QED) is 0.551. The molecule has 1 aliphatic rings. The molecule has 0 atom stereocenters. The Hall–Kier alpha value is -1.44. The summed E-state index contributed by atoms with van der Waals surface area (Å²) in [4.78, 5) is 2.05. The molecule has 0 bridgehead atoms. The topological polar surface area (TPSA) is 48.6 Å². The van der Waals surface area contributed by atoms with E-state index in [1.807, 2.05) is 35.2 Å². The Bertz CT molecular complexity index is 449. The molecule has 7 heteroatoms. The summed E-state index contributed by atoms with van der Waals surface area (Å²) in [7, 11) is 0. The van der Waals surface area contributed by atoms with Gasteiger partial charge in [-0.15, -0.1) is 0 Å². The Labute approximate surface area is 129 Å². The first-order chi connectivity index (χ1) is 9.75. The van der Waals surface area contributed by atoms with Crippen LogP contribution in [0.25, 0.3) is 0 Å². The molecule has 0 saturated carbocycles. The largest absolute Gasteiger partial charge is 0.378 e. The van der Waals surface area contributed by atoms with Gasteiger partial charge in [-0.2, -0.15) is 0 Å². The summed E-state index contributed by atoms with van der Waals surface area (Å²) in [5.74, 6) is 0. The lowest BCUT2D eigenvalue weighted by Crippen LogP contribution is -2.53. The van der Waals surface area contributed by atoms with Crippen LogP contribution >= 0.6 is 24.4 Å². The Kier molecular flexibility index (Phi) is 5.97. The van der Waals surface area contributed by atoms with E-state index in [0.29, 0.717) is 30.0 Å². The molecular weight excluding hydrogens is 292 g/mol. The summed E-state index contributed by atoms with van der Waals surface area (Å²) in [5, 5.41) is 4.27. The number of ether oxygens (including phenoxy) is 1. The van der Waals surface area contributed by atoms with Crippen molar-refractivity contribution in [3.8, 4) is 0 Å². The van der Waals surface area contributed by atoms with Gasteiger partial charge in [-0.1, -0.05) is 30.3 Å². The zero-order chi connectivity index (χ0) is 14.2. The minimum Gasteiger partial charge on any atom is -0.378 e. The standard InChI is InChI=1S/C13H18N4OS2/c19-12(14-10-11-4-2-1-3-5-11)15-16-13(20)17-6-8-18-9-7-17/h1-5H,6-10H2,(H,16,20)(H2,14,15,19). The van der Waals surface area contributed by atoms with Gasteiger partial charge >= 0.3 is 0 Å². The van der Waals surface area contributed by atoms with E-state index in [-0.39, 0.29) is 0 Å². The van der Waals surface area contributed by atoms with E-state index in [4.69, 9.17) is 29.2 Å². The summed E-state index contributed by atoms with van der Waals surface area (Å²) in [5.41, 5.74) is 7.01. The van der Waals surface area contributed by atoms with E-state index in [0.717, 1.165) is 13.1 Å². The molecule has 0 amide bonds. The van der Waals surface area contributed by atoms with E-state index < -0.39 is 0 Å². The molecule has 0 aromatic heterocycles. The second-order valence-electron chi connectivity index (χ2n) is 4.32. The van der Waals surface area contributed by atoms with Gasteiger partial charge in [0.15, 0.2) is 10.2 Å². The maximum Gasteiger partial charge on any atom is 0.188 e. The third-order valence-corrected chi connectivity index (χ3v) is 3.48. The van der Waals surface area contributed by atoms with E-state index in [1.165, 1.54) is 5.56 Å². The predicted octanol–water partition coefficient (Wildman–Crippen LogP) is 0.772. The zero-order valence-electron chi connectivity index (χ0n) is 11.1. The molecule has 1 aromatic carbocycles. The molecule has 108 valence electrons. The molecule has 20 heavy (non-hydrogen) atoms. The van der Waals surface area contributed by atoms with Crippen LogP contribution in [0.4, 0.5) is 0 Å². The first-order valence-corrected chi connectivity index (χ1v) is 7.28. The van der Waals surface area contributed by atoms with Crippen LogP contribution < -0.4 is 16.2 Å². The van der Waals surface area contributed by atoms with Crippen LogP contribution in [0.2, 0.25) is 0 Å². The van der Waals surface area contributed by atoms with Crippen LogP contribution in [0.15, 0.2) is 30.3 Å². The van der Waals surface area contributed by atoms with Crippen molar-refractivity contribution in [3.05, 3.63) is 35.9 Å². The molecule has 0 aliphatic carbocycles. The van der Waals surface area contributed by atoms with Crippen molar-refractivity contribution >= 4 is 34.7 Å². The number of morpholine rings is 1. The van der Waals surface area contributed by atoms with Crippen LogP contribution in [0.5, 0.6) is 0 Å².